The first kappa shape index (κ1) is 12.5. The first-order chi connectivity index (χ1) is 10.8. The SMILES string of the molecule is N#CC1=C(N)Nc2nc3ccccc3n2[C@@H]1c1ccccc1. The molecule has 5 heteroatoms. The molecule has 1 aromatic heterocycles. The number of allylic oxidation sites excluding steroid dienone is 1. The Balaban J connectivity index is 2.05. The predicted octanol–water partition coefficient (Wildman–Crippen LogP) is 2.75. The molecule has 1 aliphatic heterocycles. The van der Waals surface area contributed by atoms with E-state index < -0.39 is 0 Å². The van der Waals surface area contributed by atoms with Gasteiger partial charge < -0.3 is 11.1 Å². The molecular formula is C17H13N5. The molecule has 0 spiro atoms. The molecule has 0 amide bonds. The van der Waals surface area contributed by atoms with Crippen LogP contribution in [0.1, 0.15) is 11.6 Å². The van der Waals surface area contributed by atoms with Gasteiger partial charge in [-0.05, 0) is 17.7 Å². The zero-order valence-corrected chi connectivity index (χ0v) is 11.7. The van der Waals surface area contributed by atoms with Crippen molar-refractivity contribution in [3.8, 4) is 6.07 Å². The Labute approximate surface area is 127 Å². The minimum atomic E-state index is -0.269. The molecule has 0 fully saturated rings. The summed E-state index contributed by atoms with van der Waals surface area (Å²) in [6, 6.07) is 19.7. The largest absolute Gasteiger partial charge is 0.384 e. The van der Waals surface area contributed by atoms with Crippen molar-refractivity contribution in [2.45, 2.75) is 6.04 Å². The number of imidazole rings is 1. The van der Waals surface area contributed by atoms with E-state index in [4.69, 9.17) is 5.73 Å². The zero-order valence-electron chi connectivity index (χ0n) is 11.7. The zero-order chi connectivity index (χ0) is 15.1. The number of fused-ring (bicyclic) bond motifs is 3. The first-order valence-electron chi connectivity index (χ1n) is 6.98. The first-order valence-corrected chi connectivity index (χ1v) is 6.98. The summed E-state index contributed by atoms with van der Waals surface area (Å²) >= 11 is 0. The highest BCUT2D eigenvalue weighted by Crippen LogP contribution is 2.37. The number of benzene rings is 2. The number of hydrogen-bond donors (Lipinski definition) is 2. The fraction of sp³-hybridized carbons (Fsp3) is 0.0588. The van der Waals surface area contributed by atoms with Crippen molar-refractivity contribution >= 4 is 17.0 Å². The maximum absolute atomic E-state index is 9.57. The lowest BCUT2D eigenvalue weighted by Crippen LogP contribution is -2.27. The molecule has 1 atom stereocenters. The van der Waals surface area contributed by atoms with Crippen LogP contribution in [-0.2, 0) is 0 Å². The van der Waals surface area contributed by atoms with Gasteiger partial charge in [0.1, 0.15) is 17.9 Å². The summed E-state index contributed by atoms with van der Waals surface area (Å²) in [5.74, 6) is 1.02. The number of rotatable bonds is 1. The van der Waals surface area contributed by atoms with Gasteiger partial charge in [-0.1, -0.05) is 42.5 Å². The average molecular weight is 287 g/mol. The standard InChI is InChI=1S/C17H13N5/c18-10-12-15(11-6-2-1-3-7-11)22-14-9-5-4-8-13(14)20-17(22)21-16(12)19/h1-9,15H,19H2,(H,20,21)/t15-/m1/s1. The third kappa shape index (κ3) is 1.68. The highest BCUT2D eigenvalue weighted by molar-refractivity contribution is 5.80. The topological polar surface area (TPSA) is 79.7 Å². The van der Waals surface area contributed by atoms with Gasteiger partial charge in [0.25, 0.3) is 0 Å². The van der Waals surface area contributed by atoms with Crippen LogP contribution in [0.4, 0.5) is 5.95 Å². The van der Waals surface area contributed by atoms with Crippen LogP contribution in [0.25, 0.3) is 11.0 Å². The second-order valence-electron chi connectivity index (χ2n) is 5.17. The Bertz CT molecular complexity index is 931. The van der Waals surface area contributed by atoms with E-state index in [2.05, 4.69) is 16.4 Å². The van der Waals surface area contributed by atoms with Crippen molar-refractivity contribution in [2.75, 3.05) is 5.32 Å². The van der Waals surface area contributed by atoms with Gasteiger partial charge in [-0.3, -0.25) is 4.57 Å². The summed E-state index contributed by atoms with van der Waals surface area (Å²) in [6.07, 6.45) is 0. The van der Waals surface area contributed by atoms with Gasteiger partial charge in [-0.25, -0.2) is 4.98 Å². The molecule has 2 heterocycles. The van der Waals surface area contributed by atoms with E-state index in [1.807, 2.05) is 59.2 Å². The van der Waals surface area contributed by atoms with Crippen molar-refractivity contribution in [2.24, 2.45) is 5.73 Å². The number of nitrogens with one attached hydrogen (secondary N) is 1. The van der Waals surface area contributed by atoms with Gasteiger partial charge in [0.2, 0.25) is 5.95 Å². The van der Waals surface area contributed by atoms with E-state index in [-0.39, 0.29) is 6.04 Å². The summed E-state index contributed by atoms with van der Waals surface area (Å²) in [6.45, 7) is 0. The summed E-state index contributed by atoms with van der Waals surface area (Å²) in [7, 11) is 0. The summed E-state index contributed by atoms with van der Waals surface area (Å²) in [4.78, 5) is 4.58. The van der Waals surface area contributed by atoms with E-state index in [1.54, 1.807) is 0 Å². The lowest BCUT2D eigenvalue weighted by atomic mass is 9.97. The molecule has 0 saturated carbocycles. The number of nitrogens with zero attached hydrogens (tertiary/aromatic N) is 3. The molecule has 3 aromatic rings. The summed E-state index contributed by atoms with van der Waals surface area (Å²) in [5.41, 5.74) is 9.40. The van der Waals surface area contributed by atoms with Crippen LogP contribution in [0.15, 0.2) is 66.0 Å². The Hall–Kier alpha value is -3.26. The van der Waals surface area contributed by atoms with E-state index in [0.29, 0.717) is 17.3 Å². The number of hydrogen-bond acceptors (Lipinski definition) is 4. The third-order valence-corrected chi connectivity index (χ3v) is 3.90. The van der Waals surface area contributed by atoms with Crippen LogP contribution in [0.3, 0.4) is 0 Å². The molecule has 0 radical (unpaired) electrons. The van der Waals surface area contributed by atoms with E-state index >= 15 is 0 Å². The van der Waals surface area contributed by atoms with E-state index in [0.717, 1.165) is 16.6 Å². The molecule has 4 rings (SSSR count). The molecule has 0 saturated heterocycles. The molecule has 22 heavy (non-hydrogen) atoms. The van der Waals surface area contributed by atoms with Crippen LogP contribution in [0.5, 0.6) is 0 Å². The van der Waals surface area contributed by atoms with Crippen molar-refractivity contribution in [3.63, 3.8) is 0 Å². The second-order valence-corrected chi connectivity index (χ2v) is 5.17. The van der Waals surface area contributed by atoms with Gasteiger partial charge in [0, 0.05) is 0 Å². The fourth-order valence-corrected chi connectivity index (χ4v) is 2.93. The highest BCUT2D eigenvalue weighted by Gasteiger charge is 2.30. The molecule has 3 N–H and O–H groups in total. The quantitative estimate of drug-likeness (QED) is 0.721. The molecule has 5 nitrogen and oxygen atoms in total. The lowest BCUT2D eigenvalue weighted by molar-refractivity contribution is 0.680. The fourth-order valence-electron chi connectivity index (χ4n) is 2.93. The van der Waals surface area contributed by atoms with Crippen LogP contribution in [-0.4, -0.2) is 9.55 Å². The Kier molecular flexibility index (Phi) is 2.63. The number of para-hydroxylation sites is 2. The number of nitrogens with two attached hydrogens (primary N) is 1. The van der Waals surface area contributed by atoms with Crippen molar-refractivity contribution in [1.29, 1.82) is 5.26 Å². The normalized spacial score (nSPS) is 17.0. The third-order valence-electron chi connectivity index (χ3n) is 3.90. The molecule has 2 aromatic carbocycles. The smallest absolute Gasteiger partial charge is 0.210 e. The van der Waals surface area contributed by atoms with Gasteiger partial charge >= 0.3 is 0 Å². The molecular weight excluding hydrogens is 274 g/mol. The summed E-state index contributed by atoms with van der Waals surface area (Å²) in [5, 5.41) is 12.6. The van der Waals surface area contributed by atoms with Gasteiger partial charge in [0.05, 0.1) is 16.6 Å². The second kappa shape index (κ2) is 4.64. The molecule has 0 aliphatic carbocycles. The Morgan fingerprint density at radius 2 is 1.82 bits per heavy atom. The van der Waals surface area contributed by atoms with Gasteiger partial charge in [-0.15, -0.1) is 0 Å². The minimum Gasteiger partial charge on any atom is -0.384 e. The van der Waals surface area contributed by atoms with Gasteiger partial charge in [-0.2, -0.15) is 5.26 Å². The predicted molar refractivity (Wildman–Crippen MR) is 84.8 cm³/mol. The Morgan fingerprint density at radius 1 is 1.09 bits per heavy atom. The highest BCUT2D eigenvalue weighted by atomic mass is 15.3. The van der Waals surface area contributed by atoms with Crippen LogP contribution >= 0.6 is 0 Å². The Morgan fingerprint density at radius 3 is 2.59 bits per heavy atom. The minimum absolute atomic E-state index is 0.269. The van der Waals surface area contributed by atoms with E-state index in [9.17, 15) is 5.26 Å². The average Bonchev–Trinajstić information content (AvgIpc) is 2.92. The molecule has 106 valence electrons. The number of nitriles is 1. The number of aromatic nitrogens is 2. The van der Waals surface area contributed by atoms with Crippen molar-refractivity contribution < 1.29 is 0 Å². The van der Waals surface area contributed by atoms with Crippen molar-refractivity contribution in [3.05, 3.63) is 71.6 Å². The summed E-state index contributed by atoms with van der Waals surface area (Å²) < 4.78 is 2.03. The van der Waals surface area contributed by atoms with Gasteiger partial charge in [0.15, 0.2) is 0 Å². The maximum Gasteiger partial charge on any atom is 0.210 e. The van der Waals surface area contributed by atoms with Crippen molar-refractivity contribution in [1.82, 2.24) is 9.55 Å². The van der Waals surface area contributed by atoms with Crippen LogP contribution < -0.4 is 11.1 Å². The molecule has 1 aliphatic rings. The van der Waals surface area contributed by atoms with Crippen LogP contribution in [0, 0.1) is 11.3 Å². The lowest BCUT2D eigenvalue weighted by Gasteiger charge is -2.27. The molecule has 0 bridgehead atoms. The molecule has 0 unspecified atom stereocenters. The maximum atomic E-state index is 9.57. The van der Waals surface area contributed by atoms with E-state index in [1.165, 1.54) is 0 Å². The number of anilines is 1. The monoisotopic (exact) mass is 287 g/mol. The van der Waals surface area contributed by atoms with Crippen LogP contribution in [0.2, 0.25) is 0 Å².